The van der Waals surface area contributed by atoms with Crippen molar-refractivity contribution in [1.82, 2.24) is 15.6 Å². The fraction of sp³-hybridized carbons (Fsp3) is 0.125. The van der Waals surface area contributed by atoms with Crippen LogP contribution in [-0.4, -0.2) is 17.6 Å². The van der Waals surface area contributed by atoms with E-state index in [1.165, 1.54) is 12.1 Å². The van der Waals surface area contributed by atoms with Crippen molar-refractivity contribution in [3.8, 4) is 0 Å². The Labute approximate surface area is 168 Å². The van der Waals surface area contributed by atoms with Crippen LogP contribution in [0.1, 0.15) is 22.6 Å². The summed E-state index contributed by atoms with van der Waals surface area (Å²) >= 11 is 0. The molecule has 0 aliphatic carbocycles. The van der Waals surface area contributed by atoms with Crippen LogP contribution in [0, 0.1) is 5.82 Å². The number of hydrogen-bond donors (Lipinski definition) is 3. The van der Waals surface area contributed by atoms with Gasteiger partial charge in [0.05, 0.1) is 0 Å². The van der Waals surface area contributed by atoms with Crippen molar-refractivity contribution < 1.29 is 9.18 Å². The van der Waals surface area contributed by atoms with Gasteiger partial charge in [-0.3, -0.25) is 0 Å². The molecule has 4 rings (SSSR count). The molecule has 3 aromatic carbocycles. The number of carbonyl (C=O) groups excluding carboxylic acids is 1. The van der Waals surface area contributed by atoms with E-state index >= 15 is 0 Å². The quantitative estimate of drug-likeness (QED) is 0.431. The van der Waals surface area contributed by atoms with Crippen LogP contribution in [0.5, 0.6) is 0 Å². The molecule has 0 saturated heterocycles. The van der Waals surface area contributed by atoms with Crippen LogP contribution in [0.2, 0.25) is 0 Å². The van der Waals surface area contributed by atoms with Crippen molar-refractivity contribution in [1.29, 1.82) is 0 Å². The Hall–Kier alpha value is -3.60. The van der Waals surface area contributed by atoms with E-state index in [4.69, 9.17) is 0 Å². The van der Waals surface area contributed by atoms with Gasteiger partial charge in [0.25, 0.3) is 0 Å². The summed E-state index contributed by atoms with van der Waals surface area (Å²) in [7, 11) is 0. The largest absolute Gasteiger partial charge is 0.361 e. The van der Waals surface area contributed by atoms with Gasteiger partial charge in [0.15, 0.2) is 0 Å². The van der Waals surface area contributed by atoms with Crippen molar-refractivity contribution in [2.45, 2.75) is 12.5 Å². The summed E-state index contributed by atoms with van der Waals surface area (Å²) in [6, 6.07) is 24.0. The van der Waals surface area contributed by atoms with Crippen LogP contribution in [0.15, 0.2) is 85.1 Å². The van der Waals surface area contributed by atoms with E-state index in [2.05, 4.69) is 15.6 Å². The lowest BCUT2D eigenvalue weighted by Crippen LogP contribution is -2.37. The minimum atomic E-state index is -0.278. The first kappa shape index (κ1) is 18.7. The van der Waals surface area contributed by atoms with Crippen molar-refractivity contribution in [3.63, 3.8) is 0 Å². The van der Waals surface area contributed by atoms with E-state index in [-0.39, 0.29) is 17.8 Å². The second-order valence-electron chi connectivity index (χ2n) is 6.94. The molecule has 0 radical (unpaired) electrons. The van der Waals surface area contributed by atoms with Gasteiger partial charge in [-0.15, -0.1) is 0 Å². The topological polar surface area (TPSA) is 56.9 Å². The third kappa shape index (κ3) is 4.46. The highest BCUT2D eigenvalue weighted by atomic mass is 19.1. The highest BCUT2D eigenvalue weighted by Crippen LogP contribution is 2.30. The summed E-state index contributed by atoms with van der Waals surface area (Å²) in [6.45, 7) is 0.856. The average Bonchev–Trinajstić information content (AvgIpc) is 3.18. The van der Waals surface area contributed by atoms with Crippen molar-refractivity contribution in [3.05, 3.63) is 108 Å². The van der Waals surface area contributed by atoms with E-state index in [1.54, 1.807) is 12.1 Å². The van der Waals surface area contributed by atoms with Gasteiger partial charge >= 0.3 is 6.03 Å². The third-order valence-corrected chi connectivity index (χ3v) is 5.03. The number of para-hydroxylation sites is 1. The molecule has 1 unspecified atom stereocenters. The van der Waals surface area contributed by atoms with E-state index < -0.39 is 0 Å². The number of nitrogens with one attached hydrogen (secondary N) is 3. The number of rotatable bonds is 6. The smallest absolute Gasteiger partial charge is 0.315 e. The Balaban J connectivity index is 1.51. The number of amides is 2. The summed E-state index contributed by atoms with van der Waals surface area (Å²) in [5.74, 6) is -0.380. The summed E-state index contributed by atoms with van der Waals surface area (Å²) in [4.78, 5) is 15.6. The number of fused-ring (bicyclic) bond motifs is 1. The minimum Gasteiger partial charge on any atom is -0.361 e. The maximum Gasteiger partial charge on any atom is 0.315 e. The van der Waals surface area contributed by atoms with Gasteiger partial charge in [-0.25, -0.2) is 9.18 Å². The highest BCUT2D eigenvalue weighted by Gasteiger charge is 2.19. The standard InChI is InChI=1S/C24H22FN3O/c25-19-12-10-18(11-13-19)21(22-16-26-23-9-5-4-8-20(22)23)15-28-24(29)27-14-17-6-2-1-3-7-17/h1-13,16,21,26H,14-15H2,(H2,27,28,29). The van der Waals surface area contributed by atoms with Gasteiger partial charge in [0.1, 0.15) is 5.82 Å². The number of H-pyrrole nitrogens is 1. The number of aromatic nitrogens is 1. The summed E-state index contributed by atoms with van der Waals surface area (Å²) in [5.41, 5.74) is 4.08. The summed E-state index contributed by atoms with van der Waals surface area (Å²) < 4.78 is 13.4. The van der Waals surface area contributed by atoms with E-state index in [0.29, 0.717) is 13.1 Å². The van der Waals surface area contributed by atoms with Crippen LogP contribution in [0.25, 0.3) is 10.9 Å². The Bertz CT molecular complexity index is 1090. The van der Waals surface area contributed by atoms with E-state index in [0.717, 1.165) is 27.6 Å². The van der Waals surface area contributed by atoms with Gasteiger partial charge < -0.3 is 15.6 Å². The normalized spacial score (nSPS) is 11.9. The fourth-order valence-electron chi connectivity index (χ4n) is 3.52. The molecule has 146 valence electrons. The maximum atomic E-state index is 13.4. The van der Waals surface area contributed by atoms with Crippen molar-refractivity contribution >= 4 is 16.9 Å². The zero-order valence-corrected chi connectivity index (χ0v) is 15.9. The number of halogens is 1. The second-order valence-corrected chi connectivity index (χ2v) is 6.94. The third-order valence-electron chi connectivity index (χ3n) is 5.03. The molecule has 1 atom stereocenters. The molecule has 4 aromatic rings. The summed E-state index contributed by atoms with van der Waals surface area (Å²) in [6.07, 6.45) is 1.96. The molecule has 3 N–H and O–H groups in total. The Morgan fingerprint density at radius 1 is 0.897 bits per heavy atom. The molecule has 2 amide bonds. The molecule has 0 saturated carbocycles. The number of carbonyl (C=O) groups is 1. The number of benzene rings is 3. The lowest BCUT2D eigenvalue weighted by molar-refractivity contribution is 0.240. The van der Waals surface area contributed by atoms with Crippen LogP contribution < -0.4 is 10.6 Å². The van der Waals surface area contributed by atoms with Gasteiger partial charge in [-0.2, -0.15) is 0 Å². The van der Waals surface area contributed by atoms with Gasteiger partial charge in [-0.05, 0) is 34.9 Å². The Morgan fingerprint density at radius 3 is 2.41 bits per heavy atom. The Kier molecular flexibility index (Phi) is 5.56. The van der Waals surface area contributed by atoms with Crippen LogP contribution in [-0.2, 0) is 6.54 Å². The first-order chi connectivity index (χ1) is 14.2. The van der Waals surface area contributed by atoms with Crippen molar-refractivity contribution in [2.24, 2.45) is 0 Å². The number of hydrogen-bond acceptors (Lipinski definition) is 1. The predicted molar refractivity (Wildman–Crippen MR) is 113 cm³/mol. The molecule has 0 bridgehead atoms. The zero-order valence-electron chi connectivity index (χ0n) is 15.9. The van der Waals surface area contributed by atoms with E-state index in [9.17, 15) is 9.18 Å². The first-order valence-electron chi connectivity index (χ1n) is 9.58. The molecule has 0 fully saturated rings. The number of urea groups is 1. The molecule has 0 aliphatic rings. The molecule has 0 aliphatic heterocycles. The monoisotopic (exact) mass is 387 g/mol. The SMILES string of the molecule is O=C(NCc1ccccc1)NCC(c1ccc(F)cc1)c1c[nH]c2ccccc12. The first-order valence-corrected chi connectivity index (χ1v) is 9.58. The maximum absolute atomic E-state index is 13.4. The lowest BCUT2D eigenvalue weighted by atomic mass is 9.91. The van der Waals surface area contributed by atoms with Crippen LogP contribution in [0.3, 0.4) is 0 Å². The Morgan fingerprint density at radius 2 is 1.62 bits per heavy atom. The highest BCUT2D eigenvalue weighted by molar-refractivity contribution is 5.84. The average molecular weight is 387 g/mol. The minimum absolute atomic E-state index is 0.103. The van der Waals surface area contributed by atoms with E-state index in [1.807, 2.05) is 60.8 Å². The second kappa shape index (κ2) is 8.61. The zero-order chi connectivity index (χ0) is 20.1. The van der Waals surface area contributed by atoms with Crippen LogP contribution >= 0.6 is 0 Å². The van der Waals surface area contributed by atoms with Gasteiger partial charge in [-0.1, -0.05) is 60.7 Å². The molecular formula is C24H22FN3O. The molecule has 1 heterocycles. The predicted octanol–water partition coefficient (Wildman–Crippen LogP) is 4.94. The molecular weight excluding hydrogens is 365 g/mol. The van der Waals surface area contributed by atoms with Crippen LogP contribution in [0.4, 0.5) is 9.18 Å². The molecule has 4 nitrogen and oxygen atoms in total. The molecule has 5 heteroatoms. The van der Waals surface area contributed by atoms with Crippen molar-refractivity contribution in [2.75, 3.05) is 6.54 Å². The van der Waals surface area contributed by atoms with Gasteiger partial charge in [0, 0.05) is 36.1 Å². The molecule has 29 heavy (non-hydrogen) atoms. The number of aromatic amines is 1. The fourth-order valence-corrected chi connectivity index (χ4v) is 3.52. The molecule has 0 spiro atoms. The lowest BCUT2D eigenvalue weighted by Gasteiger charge is -2.18. The summed E-state index contributed by atoms with van der Waals surface area (Å²) in [5, 5.41) is 6.93. The van der Waals surface area contributed by atoms with Gasteiger partial charge in [0.2, 0.25) is 0 Å². The molecule has 1 aromatic heterocycles.